The highest BCUT2D eigenvalue weighted by atomic mass is 35.5. The minimum Gasteiger partial charge on any atom is -0.497 e. The van der Waals surface area contributed by atoms with Crippen LogP contribution in [0.2, 0.25) is 5.02 Å². The van der Waals surface area contributed by atoms with E-state index in [2.05, 4.69) is 10.3 Å². The lowest BCUT2D eigenvalue weighted by Gasteiger charge is -2.36. The zero-order valence-corrected chi connectivity index (χ0v) is 17.3. The fourth-order valence-corrected chi connectivity index (χ4v) is 5.16. The zero-order chi connectivity index (χ0) is 20.6. The van der Waals surface area contributed by atoms with Crippen molar-refractivity contribution in [1.82, 2.24) is 9.62 Å². The number of carbonyl (C=O) groups is 1. The molecule has 0 unspecified atom stereocenters. The van der Waals surface area contributed by atoms with E-state index in [0.717, 1.165) is 0 Å². The maximum absolute atomic E-state index is 12.9. The van der Waals surface area contributed by atoms with Gasteiger partial charge in [0.05, 0.1) is 12.0 Å². The zero-order valence-electron chi connectivity index (χ0n) is 15.8. The fourth-order valence-electron chi connectivity index (χ4n) is 3.60. The maximum Gasteiger partial charge on any atom is 0.272 e. The predicted molar refractivity (Wildman–Crippen MR) is 110 cm³/mol. The number of hydrogen-bond donors (Lipinski definition) is 1. The van der Waals surface area contributed by atoms with E-state index in [4.69, 9.17) is 16.3 Å². The Labute approximate surface area is 174 Å². The summed E-state index contributed by atoms with van der Waals surface area (Å²) in [6, 6.07) is 13.2. The van der Waals surface area contributed by atoms with Gasteiger partial charge in [-0.1, -0.05) is 23.7 Å². The number of piperidine rings is 1. The second kappa shape index (κ2) is 7.44. The molecule has 0 bridgehead atoms. The van der Waals surface area contributed by atoms with Crippen LogP contribution in [0.25, 0.3) is 0 Å². The van der Waals surface area contributed by atoms with Gasteiger partial charge in [-0.3, -0.25) is 9.79 Å². The monoisotopic (exact) mass is 433 g/mol. The molecule has 1 saturated heterocycles. The number of ether oxygens (including phenoxy) is 1. The van der Waals surface area contributed by atoms with Gasteiger partial charge in [0.2, 0.25) is 10.0 Å². The van der Waals surface area contributed by atoms with Crippen molar-refractivity contribution in [3.8, 4) is 5.75 Å². The third-order valence-electron chi connectivity index (χ3n) is 5.25. The topological polar surface area (TPSA) is 88.1 Å². The van der Waals surface area contributed by atoms with Gasteiger partial charge in [-0.15, -0.1) is 0 Å². The molecule has 2 aliphatic rings. The summed E-state index contributed by atoms with van der Waals surface area (Å²) in [6.45, 7) is 0.540. The number of halogens is 1. The number of nitrogens with one attached hydrogen (secondary N) is 1. The highest BCUT2D eigenvalue weighted by molar-refractivity contribution is 7.89. The Morgan fingerprint density at radius 3 is 2.28 bits per heavy atom. The van der Waals surface area contributed by atoms with Gasteiger partial charge in [0.1, 0.15) is 17.1 Å². The van der Waals surface area contributed by atoms with E-state index in [0.29, 0.717) is 34.9 Å². The van der Waals surface area contributed by atoms with Gasteiger partial charge in [-0.25, -0.2) is 8.42 Å². The van der Waals surface area contributed by atoms with Gasteiger partial charge in [0, 0.05) is 36.5 Å². The highest BCUT2D eigenvalue weighted by Gasteiger charge is 2.44. The SMILES string of the molecule is COc1ccc(S(=O)(=O)N2CCC3(CC2)N=C(c2ccc(Cl)cc2)C(=O)N3)cc1. The molecule has 2 heterocycles. The van der Waals surface area contributed by atoms with E-state index in [-0.39, 0.29) is 23.9 Å². The molecule has 1 N–H and O–H groups in total. The third kappa shape index (κ3) is 3.75. The molecule has 2 aromatic rings. The van der Waals surface area contributed by atoms with Crippen LogP contribution in [0.4, 0.5) is 0 Å². The lowest BCUT2D eigenvalue weighted by molar-refractivity contribution is -0.115. The van der Waals surface area contributed by atoms with Crippen molar-refractivity contribution in [2.24, 2.45) is 4.99 Å². The van der Waals surface area contributed by atoms with Crippen LogP contribution in [-0.4, -0.2) is 50.2 Å². The summed E-state index contributed by atoms with van der Waals surface area (Å²) < 4.78 is 32.4. The summed E-state index contributed by atoms with van der Waals surface area (Å²) in [5.74, 6) is 0.345. The smallest absolute Gasteiger partial charge is 0.272 e. The Bertz CT molecular complexity index is 1060. The standard InChI is InChI=1S/C20H20ClN3O4S/c1-28-16-6-8-17(9-7-16)29(26,27)24-12-10-20(11-13-24)22-18(19(25)23-20)14-2-4-15(21)5-3-14/h2-9H,10-13H2,1H3,(H,23,25). The van der Waals surface area contributed by atoms with Crippen molar-refractivity contribution in [3.63, 3.8) is 0 Å². The fraction of sp³-hybridized carbons (Fsp3) is 0.300. The number of hydrogen-bond acceptors (Lipinski definition) is 5. The first-order chi connectivity index (χ1) is 13.8. The van der Waals surface area contributed by atoms with E-state index < -0.39 is 15.7 Å². The molecule has 29 heavy (non-hydrogen) atoms. The number of sulfonamides is 1. The molecule has 0 atom stereocenters. The number of rotatable bonds is 4. The molecule has 0 radical (unpaired) electrons. The molecular weight excluding hydrogens is 414 g/mol. The summed E-state index contributed by atoms with van der Waals surface area (Å²) in [5, 5.41) is 3.53. The molecule has 0 saturated carbocycles. The van der Waals surface area contributed by atoms with Crippen LogP contribution in [0.3, 0.4) is 0 Å². The van der Waals surface area contributed by atoms with Crippen LogP contribution in [0, 0.1) is 0 Å². The second-order valence-corrected chi connectivity index (χ2v) is 9.41. The second-order valence-electron chi connectivity index (χ2n) is 7.03. The van der Waals surface area contributed by atoms with Crippen LogP contribution >= 0.6 is 11.6 Å². The van der Waals surface area contributed by atoms with Crippen LogP contribution in [0.5, 0.6) is 5.75 Å². The Kier molecular flexibility index (Phi) is 5.10. The highest BCUT2D eigenvalue weighted by Crippen LogP contribution is 2.31. The molecule has 9 heteroatoms. The molecule has 0 aliphatic carbocycles. The predicted octanol–water partition coefficient (Wildman–Crippen LogP) is 2.45. The number of benzene rings is 2. The van der Waals surface area contributed by atoms with E-state index in [1.54, 1.807) is 36.4 Å². The first-order valence-corrected chi connectivity index (χ1v) is 11.0. The van der Waals surface area contributed by atoms with Gasteiger partial charge in [-0.05, 0) is 36.4 Å². The summed E-state index contributed by atoms with van der Waals surface area (Å²) in [6.07, 6.45) is 0.816. The molecule has 0 aromatic heterocycles. The normalized spacial score (nSPS) is 19.1. The van der Waals surface area contributed by atoms with Crippen molar-refractivity contribution in [1.29, 1.82) is 0 Å². The van der Waals surface area contributed by atoms with Gasteiger partial charge in [-0.2, -0.15) is 4.31 Å². The quantitative estimate of drug-likeness (QED) is 0.802. The van der Waals surface area contributed by atoms with Crippen molar-refractivity contribution in [2.45, 2.75) is 23.4 Å². The number of nitrogens with zero attached hydrogens (tertiary/aromatic N) is 2. The van der Waals surface area contributed by atoms with Gasteiger partial charge >= 0.3 is 0 Å². The Morgan fingerprint density at radius 1 is 1.07 bits per heavy atom. The van der Waals surface area contributed by atoms with Crippen molar-refractivity contribution in [3.05, 3.63) is 59.1 Å². The average molecular weight is 434 g/mol. The van der Waals surface area contributed by atoms with Crippen LogP contribution in [-0.2, 0) is 14.8 Å². The first-order valence-electron chi connectivity index (χ1n) is 9.16. The molecular formula is C20H20ClN3O4S. The number of methoxy groups -OCH3 is 1. The van der Waals surface area contributed by atoms with E-state index in [9.17, 15) is 13.2 Å². The minimum absolute atomic E-state index is 0.218. The van der Waals surface area contributed by atoms with Gasteiger partial charge in [0.25, 0.3) is 5.91 Å². The molecule has 152 valence electrons. The molecule has 2 aliphatic heterocycles. The number of aliphatic imine (C=N–C) groups is 1. The molecule has 7 nitrogen and oxygen atoms in total. The summed E-state index contributed by atoms with van der Waals surface area (Å²) >= 11 is 5.91. The van der Waals surface area contributed by atoms with Crippen LogP contribution in [0.15, 0.2) is 58.4 Å². The molecule has 1 amide bonds. The number of carbonyl (C=O) groups excluding carboxylic acids is 1. The summed E-state index contributed by atoms with van der Waals surface area (Å²) in [5.41, 5.74) is 0.281. The van der Waals surface area contributed by atoms with E-state index in [1.165, 1.54) is 23.5 Å². The van der Waals surface area contributed by atoms with Crippen molar-refractivity contribution in [2.75, 3.05) is 20.2 Å². The van der Waals surface area contributed by atoms with Crippen molar-refractivity contribution < 1.29 is 17.9 Å². The minimum atomic E-state index is -3.62. The third-order valence-corrected chi connectivity index (χ3v) is 7.42. The van der Waals surface area contributed by atoms with Crippen molar-refractivity contribution >= 4 is 33.2 Å². The maximum atomic E-state index is 12.9. The van der Waals surface area contributed by atoms with Gasteiger partial charge < -0.3 is 10.1 Å². The molecule has 4 rings (SSSR count). The molecule has 1 spiro atoms. The largest absolute Gasteiger partial charge is 0.497 e. The van der Waals surface area contributed by atoms with Crippen LogP contribution in [0.1, 0.15) is 18.4 Å². The van der Waals surface area contributed by atoms with Crippen LogP contribution < -0.4 is 10.1 Å². The Hall–Kier alpha value is -2.42. The number of amides is 1. The Morgan fingerprint density at radius 2 is 1.69 bits per heavy atom. The molecule has 1 fully saturated rings. The van der Waals surface area contributed by atoms with Gasteiger partial charge in [0.15, 0.2) is 0 Å². The lowest BCUT2D eigenvalue weighted by Crippen LogP contribution is -2.52. The lowest BCUT2D eigenvalue weighted by atomic mass is 10.00. The summed E-state index contributed by atoms with van der Waals surface area (Å²) in [7, 11) is -2.09. The van der Waals surface area contributed by atoms with E-state index >= 15 is 0 Å². The first kappa shape index (κ1) is 19.9. The summed E-state index contributed by atoms with van der Waals surface area (Å²) in [4.78, 5) is 17.3. The Balaban J connectivity index is 1.51. The average Bonchev–Trinajstić information content (AvgIpc) is 3.04. The molecule has 2 aromatic carbocycles. The van der Waals surface area contributed by atoms with E-state index in [1.807, 2.05) is 0 Å².